The number of nitrogens with two attached hydrogens (primary N) is 1. The lowest BCUT2D eigenvalue weighted by atomic mass is 10.2. The zero-order valence-electron chi connectivity index (χ0n) is 10.7. The lowest BCUT2D eigenvalue weighted by molar-refractivity contribution is 0.100. The molecular formula is C14H16N4O. The van der Waals surface area contributed by atoms with Crippen LogP contribution < -0.4 is 5.73 Å². The minimum atomic E-state index is -0.396. The summed E-state index contributed by atoms with van der Waals surface area (Å²) < 4.78 is 2.26. The van der Waals surface area contributed by atoms with Gasteiger partial charge in [0.05, 0.1) is 17.6 Å². The molecule has 1 aliphatic heterocycles. The maximum absolute atomic E-state index is 11.2. The third kappa shape index (κ3) is 1.73. The summed E-state index contributed by atoms with van der Waals surface area (Å²) in [6.07, 6.45) is 2.65. The first kappa shape index (κ1) is 11.0. The Hall–Kier alpha value is -1.88. The summed E-state index contributed by atoms with van der Waals surface area (Å²) in [6.45, 7) is 3.00. The standard InChI is InChI=1S/C14H16N4O/c15-14(19)9-1-4-12-11(7-9)16-13-8-17(10-2-3-10)5-6-18(12)13/h1,4,7,10H,2-3,5-6,8H2,(H2,15,19). The fourth-order valence-electron chi connectivity index (χ4n) is 2.94. The third-order valence-electron chi connectivity index (χ3n) is 4.13. The molecule has 0 saturated heterocycles. The van der Waals surface area contributed by atoms with Gasteiger partial charge in [-0.1, -0.05) is 0 Å². The number of hydrogen-bond donors (Lipinski definition) is 1. The van der Waals surface area contributed by atoms with Crippen LogP contribution >= 0.6 is 0 Å². The third-order valence-corrected chi connectivity index (χ3v) is 4.13. The van der Waals surface area contributed by atoms with Crippen molar-refractivity contribution in [1.29, 1.82) is 0 Å². The highest BCUT2D eigenvalue weighted by Crippen LogP contribution is 2.31. The van der Waals surface area contributed by atoms with E-state index in [4.69, 9.17) is 5.73 Å². The maximum Gasteiger partial charge on any atom is 0.248 e. The monoisotopic (exact) mass is 256 g/mol. The van der Waals surface area contributed by atoms with E-state index in [1.165, 1.54) is 12.8 Å². The van der Waals surface area contributed by atoms with Crippen molar-refractivity contribution in [2.45, 2.75) is 32.0 Å². The van der Waals surface area contributed by atoms with Crippen LogP contribution in [0.1, 0.15) is 29.0 Å². The van der Waals surface area contributed by atoms with Crippen LogP contribution in [0, 0.1) is 0 Å². The fourth-order valence-corrected chi connectivity index (χ4v) is 2.94. The Morgan fingerprint density at radius 3 is 2.89 bits per heavy atom. The quantitative estimate of drug-likeness (QED) is 0.875. The number of primary amides is 1. The van der Waals surface area contributed by atoms with Crippen LogP contribution in [0.5, 0.6) is 0 Å². The number of carbonyl (C=O) groups is 1. The number of fused-ring (bicyclic) bond motifs is 3. The number of rotatable bonds is 2. The van der Waals surface area contributed by atoms with E-state index in [1.807, 2.05) is 6.07 Å². The van der Waals surface area contributed by atoms with E-state index in [1.54, 1.807) is 12.1 Å². The van der Waals surface area contributed by atoms with Crippen LogP contribution in [0.4, 0.5) is 0 Å². The number of imidazole rings is 1. The van der Waals surface area contributed by atoms with E-state index < -0.39 is 5.91 Å². The molecule has 1 fully saturated rings. The van der Waals surface area contributed by atoms with Gasteiger partial charge in [0.25, 0.3) is 0 Å². The molecule has 19 heavy (non-hydrogen) atoms. The first-order chi connectivity index (χ1) is 9.22. The van der Waals surface area contributed by atoms with Crippen LogP contribution in [-0.4, -0.2) is 32.9 Å². The Morgan fingerprint density at radius 1 is 1.32 bits per heavy atom. The zero-order chi connectivity index (χ0) is 13.0. The molecule has 1 aliphatic carbocycles. The van der Waals surface area contributed by atoms with Crippen molar-refractivity contribution < 1.29 is 4.79 Å². The van der Waals surface area contributed by atoms with Gasteiger partial charge in [-0.3, -0.25) is 9.69 Å². The average Bonchev–Trinajstić information content (AvgIpc) is 3.18. The van der Waals surface area contributed by atoms with Crippen molar-refractivity contribution in [1.82, 2.24) is 14.5 Å². The Labute approximate surface area is 111 Å². The molecule has 0 unspecified atom stereocenters. The molecule has 0 spiro atoms. The molecule has 4 rings (SSSR count). The molecule has 0 bridgehead atoms. The van der Waals surface area contributed by atoms with E-state index in [0.29, 0.717) is 5.56 Å². The Morgan fingerprint density at radius 2 is 2.16 bits per heavy atom. The fraction of sp³-hybridized carbons (Fsp3) is 0.429. The molecule has 1 aromatic heterocycles. The molecule has 0 radical (unpaired) electrons. The van der Waals surface area contributed by atoms with E-state index in [2.05, 4.69) is 14.5 Å². The van der Waals surface area contributed by atoms with Gasteiger partial charge in [0.2, 0.25) is 5.91 Å². The predicted molar refractivity (Wildman–Crippen MR) is 71.7 cm³/mol. The number of hydrogen-bond acceptors (Lipinski definition) is 3. The summed E-state index contributed by atoms with van der Waals surface area (Å²) in [4.78, 5) is 18.4. The van der Waals surface area contributed by atoms with Crippen molar-refractivity contribution >= 4 is 16.9 Å². The van der Waals surface area contributed by atoms with Crippen molar-refractivity contribution in [3.63, 3.8) is 0 Å². The summed E-state index contributed by atoms with van der Waals surface area (Å²) in [5.41, 5.74) is 7.83. The SMILES string of the molecule is NC(=O)c1ccc2c(c1)nc1n2CCN(C2CC2)C1. The van der Waals surface area contributed by atoms with E-state index in [-0.39, 0.29) is 0 Å². The number of nitrogens with zero attached hydrogens (tertiary/aromatic N) is 3. The molecule has 0 atom stereocenters. The summed E-state index contributed by atoms with van der Waals surface area (Å²) in [5, 5.41) is 0. The van der Waals surface area contributed by atoms with Crippen LogP contribution in [0.25, 0.3) is 11.0 Å². The van der Waals surface area contributed by atoms with Crippen molar-refractivity contribution in [3.05, 3.63) is 29.6 Å². The van der Waals surface area contributed by atoms with Crippen molar-refractivity contribution in [2.24, 2.45) is 5.73 Å². The smallest absolute Gasteiger partial charge is 0.248 e. The van der Waals surface area contributed by atoms with E-state index in [0.717, 1.165) is 42.5 Å². The van der Waals surface area contributed by atoms with Crippen LogP contribution in [0.15, 0.2) is 18.2 Å². The van der Waals surface area contributed by atoms with Crippen LogP contribution in [0.2, 0.25) is 0 Å². The van der Waals surface area contributed by atoms with E-state index >= 15 is 0 Å². The minimum absolute atomic E-state index is 0.396. The number of aromatic nitrogens is 2. The van der Waals surface area contributed by atoms with Crippen LogP contribution in [-0.2, 0) is 13.1 Å². The second-order valence-electron chi connectivity index (χ2n) is 5.45. The molecule has 2 N–H and O–H groups in total. The normalized spacial score (nSPS) is 19.6. The van der Waals surface area contributed by atoms with Gasteiger partial charge in [-0.2, -0.15) is 0 Å². The first-order valence-corrected chi connectivity index (χ1v) is 6.75. The summed E-state index contributed by atoms with van der Waals surface area (Å²) in [7, 11) is 0. The maximum atomic E-state index is 11.2. The molecule has 5 nitrogen and oxygen atoms in total. The molecule has 2 aliphatic rings. The summed E-state index contributed by atoms with van der Waals surface area (Å²) >= 11 is 0. The molecule has 98 valence electrons. The Kier molecular flexibility index (Phi) is 2.20. The van der Waals surface area contributed by atoms with Gasteiger partial charge in [-0.15, -0.1) is 0 Å². The molecule has 1 aromatic carbocycles. The summed E-state index contributed by atoms with van der Waals surface area (Å²) in [6, 6.07) is 6.31. The molecule has 2 aromatic rings. The van der Waals surface area contributed by atoms with Gasteiger partial charge in [0, 0.05) is 24.7 Å². The molecule has 1 amide bonds. The van der Waals surface area contributed by atoms with Gasteiger partial charge in [-0.05, 0) is 31.0 Å². The Balaban J connectivity index is 1.77. The highest BCUT2D eigenvalue weighted by Gasteiger charge is 2.32. The second-order valence-corrected chi connectivity index (χ2v) is 5.45. The Bertz CT molecular complexity index is 671. The largest absolute Gasteiger partial charge is 0.366 e. The molecule has 1 saturated carbocycles. The lowest BCUT2D eigenvalue weighted by Gasteiger charge is -2.27. The highest BCUT2D eigenvalue weighted by molar-refractivity contribution is 5.96. The minimum Gasteiger partial charge on any atom is -0.366 e. The van der Waals surface area contributed by atoms with Gasteiger partial charge >= 0.3 is 0 Å². The number of benzene rings is 1. The lowest BCUT2D eigenvalue weighted by Crippen LogP contribution is -2.35. The highest BCUT2D eigenvalue weighted by atomic mass is 16.1. The van der Waals surface area contributed by atoms with Gasteiger partial charge in [-0.25, -0.2) is 4.98 Å². The first-order valence-electron chi connectivity index (χ1n) is 6.75. The molecule has 2 heterocycles. The predicted octanol–water partition coefficient (Wildman–Crippen LogP) is 1.11. The number of amides is 1. The van der Waals surface area contributed by atoms with Crippen molar-refractivity contribution in [2.75, 3.05) is 6.54 Å². The van der Waals surface area contributed by atoms with Gasteiger partial charge in [0.1, 0.15) is 5.82 Å². The summed E-state index contributed by atoms with van der Waals surface area (Å²) in [5.74, 6) is 0.710. The average molecular weight is 256 g/mol. The van der Waals surface area contributed by atoms with Gasteiger partial charge < -0.3 is 10.3 Å². The molecule has 5 heteroatoms. The second kappa shape index (κ2) is 3.81. The topological polar surface area (TPSA) is 64.2 Å². The van der Waals surface area contributed by atoms with E-state index in [9.17, 15) is 4.79 Å². The van der Waals surface area contributed by atoms with Crippen LogP contribution in [0.3, 0.4) is 0 Å². The van der Waals surface area contributed by atoms with Crippen molar-refractivity contribution in [3.8, 4) is 0 Å². The molecular weight excluding hydrogens is 240 g/mol. The zero-order valence-corrected chi connectivity index (χ0v) is 10.7. The number of carbonyl (C=O) groups excluding carboxylic acids is 1. The van der Waals surface area contributed by atoms with Gasteiger partial charge in [0.15, 0.2) is 0 Å².